The fourth-order valence-electron chi connectivity index (χ4n) is 4.65. The van der Waals surface area contributed by atoms with Gasteiger partial charge in [0.05, 0.1) is 0 Å². The third kappa shape index (κ3) is 9.70. The Morgan fingerprint density at radius 2 is 1.65 bits per heavy atom. The van der Waals surface area contributed by atoms with E-state index in [1.165, 1.54) is 0 Å². The zero-order chi connectivity index (χ0) is 29.3. The van der Waals surface area contributed by atoms with Crippen LogP contribution in [0, 0.1) is 17.0 Å². The molecule has 0 radical (unpaired) electrons. The number of pyridine rings is 1. The number of halogens is 2. The number of ketones is 2. The minimum atomic E-state index is -1.28. The molecule has 0 amide bonds. The van der Waals surface area contributed by atoms with Crippen molar-refractivity contribution >= 4 is 11.6 Å². The van der Waals surface area contributed by atoms with Crippen molar-refractivity contribution in [1.29, 1.82) is 0 Å². The monoisotopic (exact) mass is 551 g/mol. The lowest BCUT2D eigenvalue weighted by molar-refractivity contribution is -0.128. The number of hydrogen-bond donors (Lipinski definition) is 3. The summed E-state index contributed by atoms with van der Waals surface area (Å²) in [6.45, 7) is 3.93. The van der Waals surface area contributed by atoms with E-state index in [4.69, 9.17) is 11.5 Å². The molecule has 0 aliphatic rings. The normalized spacial score (nSPS) is 14.0. The maximum Gasteiger partial charge on any atom is 0.162 e. The Hall–Kier alpha value is -3.33. The zero-order valence-corrected chi connectivity index (χ0v) is 23.2. The van der Waals surface area contributed by atoms with E-state index in [-0.39, 0.29) is 48.2 Å². The molecule has 1 heterocycles. The van der Waals surface area contributed by atoms with Crippen molar-refractivity contribution in [2.45, 2.75) is 77.0 Å². The number of hydrogen-bond acceptors (Lipinski definition) is 6. The van der Waals surface area contributed by atoms with Crippen LogP contribution in [0.5, 0.6) is 0 Å². The third-order valence-corrected chi connectivity index (χ3v) is 7.26. The molecule has 3 rings (SSSR count). The van der Waals surface area contributed by atoms with Gasteiger partial charge in [-0.2, -0.15) is 0 Å². The Balaban J connectivity index is 1.40. The van der Waals surface area contributed by atoms with Crippen LogP contribution in [0.1, 0.15) is 57.1 Å². The highest BCUT2D eigenvalue weighted by molar-refractivity contribution is 5.83. The summed E-state index contributed by atoms with van der Waals surface area (Å²) in [4.78, 5) is 29.3. The lowest BCUT2D eigenvalue weighted by atomic mass is 9.80. The highest BCUT2D eigenvalue weighted by atomic mass is 19.1. The highest BCUT2D eigenvalue weighted by Crippen LogP contribution is 2.29. The van der Waals surface area contributed by atoms with Crippen molar-refractivity contribution in [3.05, 3.63) is 89.8 Å². The van der Waals surface area contributed by atoms with E-state index < -0.39 is 29.8 Å². The number of rotatable bonds is 15. The van der Waals surface area contributed by atoms with E-state index in [2.05, 4.69) is 4.98 Å². The molecule has 2 aromatic carbocycles. The van der Waals surface area contributed by atoms with Crippen LogP contribution >= 0.6 is 0 Å². The number of carbonyl (C=O) groups is 2. The van der Waals surface area contributed by atoms with Crippen molar-refractivity contribution in [3.8, 4) is 11.1 Å². The molecular formula is C32H39F2N3O3. The molecule has 8 heteroatoms. The van der Waals surface area contributed by atoms with Gasteiger partial charge in [-0.3, -0.25) is 14.6 Å². The molecule has 0 fully saturated rings. The molecule has 0 bridgehead atoms. The largest absolute Gasteiger partial charge is 0.384 e. The SMILES string of the molecule is CC(C)(CCC(=O)CC(N)Cc1cc(F)ccc1F)CCC(=O)C(O)C(N)Cc1ccc(-c2cccnc2)cc1. The second kappa shape index (κ2) is 14.3. The summed E-state index contributed by atoms with van der Waals surface area (Å²) in [6.07, 6.45) is 4.14. The first-order valence-electron chi connectivity index (χ1n) is 13.6. The van der Waals surface area contributed by atoms with Crippen LogP contribution in [0.4, 0.5) is 8.78 Å². The van der Waals surface area contributed by atoms with Gasteiger partial charge in [-0.05, 0) is 77.6 Å². The summed E-state index contributed by atoms with van der Waals surface area (Å²) in [5.41, 5.74) is 15.0. The maximum absolute atomic E-state index is 13.8. The van der Waals surface area contributed by atoms with Crippen LogP contribution in [-0.2, 0) is 22.4 Å². The van der Waals surface area contributed by atoms with Gasteiger partial charge in [0.15, 0.2) is 5.78 Å². The molecule has 214 valence electrons. The van der Waals surface area contributed by atoms with E-state index in [0.29, 0.717) is 19.3 Å². The summed E-state index contributed by atoms with van der Waals surface area (Å²) in [7, 11) is 0. The Bertz CT molecular complexity index is 1270. The summed E-state index contributed by atoms with van der Waals surface area (Å²) in [5, 5.41) is 10.6. The van der Waals surface area contributed by atoms with Crippen LogP contribution < -0.4 is 11.5 Å². The Labute approximate surface area is 234 Å². The minimum Gasteiger partial charge on any atom is -0.384 e. The first kappa shape index (κ1) is 31.2. The van der Waals surface area contributed by atoms with Crippen LogP contribution in [-0.4, -0.2) is 39.8 Å². The number of aromatic nitrogens is 1. The van der Waals surface area contributed by atoms with Gasteiger partial charge < -0.3 is 16.6 Å². The Kier molecular flexibility index (Phi) is 11.2. The molecular weight excluding hydrogens is 512 g/mol. The first-order valence-corrected chi connectivity index (χ1v) is 13.6. The van der Waals surface area contributed by atoms with Crippen molar-refractivity contribution in [3.63, 3.8) is 0 Å². The van der Waals surface area contributed by atoms with Crippen LogP contribution in [0.25, 0.3) is 11.1 Å². The van der Waals surface area contributed by atoms with E-state index in [9.17, 15) is 23.5 Å². The van der Waals surface area contributed by atoms with E-state index in [1.54, 1.807) is 12.4 Å². The molecule has 0 spiro atoms. The van der Waals surface area contributed by atoms with E-state index >= 15 is 0 Å². The second-order valence-corrected chi connectivity index (χ2v) is 11.3. The zero-order valence-electron chi connectivity index (χ0n) is 23.2. The van der Waals surface area contributed by atoms with Gasteiger partial charge >= 0.3 is 0 Å². The Morgan fingerprint density at radius 1 is 0.950 bits per heavy atom. The molecule has 5 N–H and O–H groups in total. The summed E-state index contributed by atoms with van der Waals surface area (Å²) in [5.74, 6) is -1.48. The highest BCUT2D eigenvalue weighted by Gasteiger charge is 2.27. The van der Waals surface area contributed by atoms with Gasteiger partial charge in [-0.15, -0.1) is 0 Å². The fraction of sp³-hybridized carbons (Fsp3) is 0.406. The second-order valence-electron chi connectivity index (χ2n) is 11.3. The average Bonchev–Trinajstić information content (AvgIpc) is 2.93. The average molecular weight is 552 g/mol. The van der Waals surface area contributed by atoms with Crippen LogP contribution in [0.15, 0.2) is 67.0 Å². The van der Waals surface area contributed by atoms with Gasteiger partial charge in [0.25, 0.3) is 0 Å². The number of benzene rings is 2. The van der Waals surface area contributed by atoms with E-state index in [0.717, 1.165) is 34.9 Å². The number of carbonyl (C=O) groups excluding carboxylic acids is 2. The molecule has 3 aromatic rings. The van der Waals surface area contributed by atoms with Crippen molar-refractivity contribution in [2.75, 3.05) is 0 Å². The molecule has 0 saturated carbocycles. The fourth-order valence-corrected chi connectivity index (χ4v) is 4.65. The van der Waals surface area contributed by atoms with Crippen LogP contribution in [0.2, 0.25) is 0 Å². The molecule has 3 unspecified atom stereocenters. The number of aliphatic hydroxyl groups excluding tert-OH is 1. The van der Waals surface area contributed by atoms with Gasteiger partial charge in [0.1, 0.15) is 23.5 Å². The van der Waals surface area contributed by atoms with Gasteiger partial charge in [0.2, 0.25) is 0 Å². The smallest absolute Gasteiger partial charge is 0.162 e. The van der Waals surface area contributed by atoms with Gasteiger partial charge in [-0.1, -0.05) is 44.2 Å². The molecule has 40 heavy (non-hydrogen) atoms. The van der Waals surface area contributed by atoms with Gasteiger partial charge in [0, 0.05) is 43.7 Å². The topological polar surface area (TPSA) is 119 Å². The molecule has 6 nitrogen and oxygen atoms in total. The summed E-state index contributed by atoms with van der Waals surface area (Å²) < 4.78 is 27.2. The summed E-state index contributed by atoms with van der Waals surface area (Å²) in [6, 6.07) is 13.5. The van der Waals surface area contributed by atoms with Crippen molar-refractivity contribution < 1.29 is 23.5 Å². The van der Waals surface area contributed by atoms with E-state index in [1.807, 2.05) is 50.2 Å². The first-order chi connectivity index (χ1) is 18.9. The maximum atomic E-state index is 13.8. The quantitative estimate of drug-likeness (QED) is 0.246. The van der Waals surface area contributed by atoms with Crippen LogP contribution in [0.3, 0.4) is 0 Å². The predicted molar refractivity (Wildman–Crippen MR) is 152 cm³/mol. The van der Waals surface area contributed by atoms with Crippen molar-refractivity contribution in [2.24, 2.45) is 16.9 Å². The van der Waals surface area contributed by atoms with Crippen molar-refractivity contribution in [1.82, 2.24) is 4.98 Å². The number of nitrogens with zero attached hydrogens (tertiary/aromatic N) is 1. The minimum absolute atomic E-state index is 0.0573. The summed E-state index contributed by atoms with van der Waals surface area (Å²) >= 11 is 0. The standard InChI is InChI=1S/C32H39F2N3O3/c1-32(2,13-11-27(38)19-26(35)18-24-17-25(33)9-10-28(24)34)14-12-30(39)31(40)29(36)16-21-5-7-22(8-6-21)23-4-3-15-37-20-23/h3-10,15,17,20,26,29,31,40H,11-14,16,18-19,35-36H2,1-2H3. The lowest BCUT2D eigenvalue weighted by Gasteiger charge is -2.25. The number of nitrogens with two attached hydrogens (primary N) is 2. The third-order valence-electron chi connectivity index (χ3n) is 7.26. The molecule has 0 aliphatic heterocycles. The predicted octanol–water partition coefficient (Wildman–Crippen LogP) is 4.94. The Morgan fingerprint density at radius 3 is 2.33 bits per heavy atom. The molecule has 1 aromatic heterocycles. The molecule has 0 saturated heterocycles. The van der Waals surface area contributed by atoms with Gasteiger partial charge in [-0.25, -0.2) is 8.78 Å². The molecule has 3 atom stereocenters. The number of aliphatic hydroxyl groups is 1. The lowest BCUT2D eigenvalue weighted by Crippen LogP contribution is -2.42. The number of Topliss-reactive ketones (excluding diaryl/α,β-unsaturated/α-hetero) is 2. The molecule has 0 aliphatic carbocycles.